The lowest BCUT2D eigenvalue weighted by Gasteiger charge is -2.09. The van der Waals surface area contributed by atoms with Gasteiger partial charge in [0, 0.05) is 11.8 Å². The molecule has 0 aliphatic heterocycles. The molecule has 0 aliphatic rings. The summed E-state index contributed by atoms with van der Waals surface area (Å²) in [5.41, 5.74) is 1.15. The average molecular weight is 323 g/mol. The number of rotatable bonds is 1. The third-order valence-corrected chi connectivity index (χ3v) is 4.08. The molecule has 0 N–H and O–H groups in total. The molecule has 118 valence electrons. The standard InChI is InChI=1S/C20H12F3N/c21-20(22,23)18-7-6-14-9-13-4-5-15(19-3-1-2-8-24-19)10-16(13)11-17(14)12-18/h1-12H. The molecule has 1 heterocycles. The summed E-state index contributed by atoms with van der Waals surface area (Å²) >= 11 is 0. The summed E-state index contributed by atoms with van der Waals surface area (Å²) in [6.45, 7) is 0. The third kappa shape index (κ3) is 2.60. The van der Waals surface area contributed by atoms with Crippen LogP contribution in [0.25, 0.3) is 32.8 Å². The summed E-state index contributed by atoms with van der Waals surface area (Å²) in [6.07, 6.45) is -2.62. The average Bonchev–Trinajstić information content (AvgIpc) is 2.59. The molecule has 0 unspecified atom stereocenters. The minimum Gasteiger partial charge on any atom is -0.256 e. The van der Waals surface area contributed by atoms with E-state index >= 15 is 0 Å². The molecule has 4 aromatic rings. The van der Waals surface area contributed by atoms with Crippen molar-refractivity contribution in [2.45, 2.75) is 6.18 Å². The topological polar surface area (TPSA) is 12.9 Å². The number of aromatic nitrogens is 1. The second-order valence-corrected chi connectivity index (χ2v) is 5.69. The number of fused-ring (bicyclic) bond motifs is 2. The van der Waals surface area contributed by atoms with Gasteiger partial charge in [0.2, 0.25) is 0 Å². The highest BCUT2D eigenvalue weighted by molar-refractivity contribution is 5.99. The maximum atomic E-state index is 12.9. The Morgan fingerprint density at radius 1 is 0.667 bits per heavy atom. The first-order valence-electron chi connectivity index (χ1n) is 7.47. The Kier molecular flexibility index (Phi) is 3.27. The van der Waals surface area contributed by atoms with E-state index in [9.17, 15) is 13.2 Å². The summed E-state index contributed by atoms with van der Waals surface area (Å²) in [7, 11) is 0. The number of pyridine rings is 1. The highest BCUT2D eigenvalue weighted by atomic mass is 19.4. The van der Waals surface area contributed by atoms with Crippen molar-refractivity contribution in [1.29, 1.82) is 0 Å². The molecule has 0 spiro atoms. The summed E-state index contributed by atoms with van der Waals surface area (Å²) < 4.78 is 38.7. The van der Waals surface area contributed by atoms with Crippen molar-refractivity contribution in [3.63, 3.8) is 0 Å². The van der Waals surface area contributed by atoms with Crippen LogP contribution in [0.5, 0.6) is 0 Å². The summed E-state index contributed by atoms with van der Waals surface area (Å²) in [4.78, 5) is 4.32. The molecule has 0 bridgehead atoms. The Labute approximate surface area is 136 Å². The van der Waals surface area contributed by atoms with E-state index in [1.165, 1.54) is 12.1 Å². The molecule has 24 heavy (non-hydrogen) atoms. The van der Waals surface area contributed by atoms with E-state index in [0.717, 1.165) is 33.5 Å². The lowest BCUT2D eigenvalue weighted by atomic mass is 9.99. The number of hydrogen-bond acceptors (Lipinski definition) is 1. The molecule has 0 aliphatic carbocycles. The van der Waals surface area contributed by atoms with E-state index in [2.05, 4.69) is 4.98 Å². The van der Waals surface area contributed by atoms with Crippen LogP contribution < -0.4 is 0 Å². The van der Waals surface area contributed by atoms with Crippen molar-refractivity contribution in [3.05, 3.63) is 78.5 Å². The number of hydrogen-bond donors (Lipinski definition) is 0. The van der Waals surface area contributed by atoms with Gasteiger partial charge in [-0.3, -0.25) is 4.98 Å². The van der Waals surface area contributed by atoms with Gasteiger partial charge in [-0.05, 0) is 64.0 Å². The van der Waals surface area contributed by atoms with Crippen LogP contribution >= 0.6 is 0 Å². The lowest BCUT2D eigenvalue weighted by Crippen LogP contribution is -2.04. The highest BCUT2D eigenvalue weighted by Gasteiger charge is 2.30. The minimum absolute atomic E-state index is 0.579. The zero-order valence-electron chi connectivity index (χ0n) is 12.5. The van der Waals surface area contributed by atoms with Crippen molar-refractivity contribution < 1.29 is 13.2 Å². The summed E-state index contributed by atoms with van der Waals surface area (Å²) in [6, 6.07) is 19.1. The van der Waals surface area contributed by atoms with Gasteiger partial charge >= 0.3 is 6.18 Å². The lowest BCUT2D eigenvalue weighted by molar-refractivity contribution is -0.137. The zero-order chi connectivity index (χ0) is 16.7. The first kappa shape index (κ1) is 14.7. The predicted octanol–water partition coefficient (Wildman–Crippen LogP) is 6.07. The fourth-order valence-electron chi connectivity index (χ4n) is 2.87. The molecule has 0 saturated heterocycles. The van der Waals surface area contributed by atoms with Gasteiger partial charge < -0.3 is 0 Å². The Balaban J connectivity index is 1.91. The van der Waals surface area contributed by atoms with E-state index in [4.69, 9.17) is 0 Å². The molecule has 0 amide bonds. The molecule has 4 heteroatoms. The van der Waals surface area contributed by atoms with Crippen LogP contribution in [0.1, 0.15) is 5.56 Å². The summed E-state index contributed by atoms with van der Waals surface area (Å²) in [5.74, 6) is 0. The number of alkyl halides is 3. The molecule has 1 nitrogen and oxygen atoms in total. The third-order valence-electron chi connectivity index (χ3n) is 4.08. The van der Waals surface area contributed by atoms with Crippen LogP contribution in [0.4, 0.5) is 13.2 Å². The van der Waals surface area contributed by atoms with Crippen molar-refractivity contribution in [2.75, 3.05) is 0 Å². The molecule has 3 aromatic carbocycles. The SMILES string of the molecule is FC(F)(F)c1ccc2cc3ccc(-c4ccccn4)cc3cc2c1. The van der Waals surface area contributed by atoms with Gasteiger partial charge in [-0.2, -0.15) is 13.2 Å². The predicted molar refractivity (Wildman–Crippen MR) is 89.7 cm³/mol. The number of nitrogens with zero attached hydrogens (tertiary/aromatic N) is 1. The second-order valence-electron chi connectivity index (χ2n) is 5.69. The van der Waals surface area contributed by atoms with Crippen LogP contribution in [0, 0.1) is 0 Å². The molecule has 0 fully saturated rings. The van der Waals surface area contributed by atoms with E-state index in [0.29, 0.717) is 5.39 Å². The van der Waals surface area contributed by atoms with Gasteiger partial charge in [0.1, 0.15) is 0 Å². The maximum Gasteiger partial charge on any atom is 0.416 e. The minimum atomic E-state index is -4.33. The second kappa shape index (κ2) is 5.34. The molecular weight excluding hydrogens is 311 g/mol. The Morgan fingerprint density at radius 2 is 1.38 bits per heavy atom. The molecule has 0 saturated carbocycles. The fourth-order valence-corrected chi connectivity index (χ4v) is 2.87. The molecule has 0 radical (unpaired) electrons. The van der Waals surface area contributed by atoms with Gasteiger partial charge in [-0.1, -0.05) is 24.3 Å². The van der Waals surface area contributed by atoms with Crippen molar-refractivity contribution >= 4 is 21.5 Å². The quantitative estimate of drug-likeness (QED) is 0.387. The first-order valence-corrected chi connectivity index (χ1v) is 7.47. The smallest absolute Gasteiger partial charge is 0.256 e. The van der Waals surface area contributed by atoms with Crippen molar-refractivity contribution in [1.82, 2.24) is 4.98 Å². The number of halogens is 3. The monoisotopic (exact) mass is 323 g/mol. The highest BCUT2D eigenvalue weighted by Crippen LogP contribution is 2.33. The van der Waals surface area contributed by atoms with E-state index < -0.39 is 11.7 Å². The fraction of sp³-hybridized carbons (Fsp3) is 0.0500. The molecule has 1 aromatic heterocycles. The van der Waals surface area contributed by atoms with Gasteiger partial charge in [0.25, 0.3) is 0 Å². The summed E-state index contributed by atoms with van der Waals surface area (Å²) in [5, 5.41) is 3.25. The molecular formula is C20H12F3N. The van der Waals surface area contributed by atoms with Crippen LogP contribution in [-0.2, 0) is 6.18 Å². The van der Waals surface area contributed by atoms with E-state index in [1.807, 2.05) is 42.5 Å². The van der Waals surface area contributed by atoms with Gasteiger partial charge in [0.05, 0.1) is 11.3 Å². The van der Waals surface area contributed by atoms with E-state index in [-0.39, 0.29) is 0 Å². The van der Waals surface area contributed by atoms with Gasteiger partial charge in [-0.25, -0.2) is 0 Å². The van der Waals surface area contributed by atoms with Crippen LogP contribution in [-0.4, -0.2) is 4.98 Å². The van der Waals surface area contributed by atoms with Crippen molar-refractivity contribution in [2.24, 2.45) is 0 Å². The first-order chi connectivity index (χ1) is 11.5. The van der Waals surface area contributed by atoms with Crippen molar-refractivity contribution in [3.8, 4) is 11.3 Å². The van der Waals surface area contributed by atoms with Crippen LogP contribution in [0.15, 0.2) is 72.9 Å². The Bertz CT molecular complexity index is 1040. The van der Waals surface area contributed by atoms with Gasteiger partial charge in [0.15, 0.2) is 0 Å². The largest absolute Gasteiger partial charge is 0.416 e. The normalized spacial score (nSPS) is 12.0. The Morgan fingerprint density at radius 3 is 2.08 bits per heavy atom. The van der Waals surface area contributed by atoms with Crippen LogP contribution in [0.2, 0.25) is 0 Å². The molecule has 0 atom stereocenters. The number of benzene rings is 3. The maximum absolute atomic E-state index is 12.9. The molecule has 4 rings (SSSR count). The van der Waals surface area contributed by atoms with E-state index in [1.54, 1.807) is 12.3 Å². The Hall–Kier alpha value is -2.88. The zero-order valence-corrected chi connectivity index (χ0v) is 12.5. The van der Waals surface area contributed by atoms with Crippen LogP contribution in [0.3, 0.4) is 0 Å². The van der Waals surface area contributed by atoms with Gasteiger partial charge in [-0.15, -0.1) is 0 Å².